The van der Waals surface area contributed by atoms with Crippen molar-refractivity contribution in [1.82, 2.24) is 31.9 Å². The molecule has 6 rings (SSSR count). The molecule has 303 valence electrons. The van der Waals surface area contributed by atoms with Gasteiger partial charge in [0, 0.05) is 76.9 Å². The third kappa shape index (κ3) is 11.5. The first-order valence-electron chi connectivity index (χ1n) is 21.3. The van der Waals surface area contributed by atoms with E-state index < -0.39 is 0 Å². The van der Waals surface area contributed by atoms with Gasteiger partial charge in [-0.1, -0.05) is 33.6 Å². The van der Waals surface area contributed by atoms with Crippen LogP contribution in [0.25, 0.3) is 0 Å². The van der Waals surface area contributed by atoms with Crippen LogP contribution in [-0.4, -0.2) is 87.6 Å². The number of carbonyl (C=O) groups excluding carboxylic acids is 1. The first-order chi connectivity index (χ1) is 23.8. The molecular formula is C41H76Cl2MnN6O2. The molecule has 4 unspecified atom stereocenters. The molecule has 5 saturated carbocycles. The Morgan fingerprint density at radius 1 is 0.788 bits per heavy atom. The third-order valence-electron chi connectivity index (χ3n) is 15.6. The van der Waals surface area contributed by atoms with Crippen LogP contribution in [0.5, 0.6) is 0 Å². The number of halogens is 2. The number of amides is 1. The molecule has 1 aliphatic heterocycles. The van der Waals surface area contributed by atoms with E-state index in [0.29, 0.717) is 41.3 Å². The average molecular weight is 811 g/mol. The van der Waals surface area contributed by atoms with Gasteiger partial charge in [0.15, 0.2) is 0 Å². The van der Waals surface area contributed by atoms with Crippen LogP contribution in [0.15, 0.2) is 0 Å². The van der Waals surface area contributed by atoms with Gasteiger partial charge in [0.05, 0.1) is 6.10 Å². The van der Waals surface area contributed by atoms with Gasteiger partial charge in [-0.2, -0.15) is 0 Å². The molecule has 6 fully saturated rings. The fourth-order valence-electron chi connectivity index (χ4n) is 12.8. The summed E-state index contributed by atoms with van der Waals surface area (Å²) in [6.45, 7) is 15.6. The largest absolute Gasteiger partial charge is 2.00 e. The summed E-state index contributed by atoms with van der Waals surface area (Å²) in [5.41, 5.74) is 0.898. The molecule has 7 N–H and O–H groups in total. The molecule has 1 heterocycles. The fourth-order valence-corrected chi connectivity index (χ4v) is 12.8. The molecule has 1 radical (unpaired) electrons. The number of rotatable bonds is 8. The summed E-state index contributed by atoms with van der Waals surface area (Å²) in [6, 6.07) is 1.56. The Balaban J connectivity index is 0.00000243. The van der Waals surface area contributed by atoms with E-state index in [1.54, 1.807) is 0 Å². The van der Waals surface area contributed by atoms with Crippen LogP contribution in [0, 0.1) is 46.3 Å². The standard InChI is InChI=1S/C41H76N6O2.2ClH.Mn/c1-29(34-13-14-35-33-12-11-30-27-32(48)16-18-40(30,2)36(33)17-19-41(34,35)3)10-15-39(49)46-20-6-7-31-28-47-38-9-5-4-8-37(38)45-26-24-43-22-21-42-23-25-44-31;;;/h29-38,42-45,47-48H,4-28H2,1-3H3,(H,46,49);2*1H;/q;;;+2/p-2/t29-,30?,31?,32-,33+,34-,35+,36+,37?,38?,40+,41-;;;/m1.../s1. The zero-order valence-corrected chi connectivity index (χ0v) is 35.6. The number of fused-ring (bicyclic) bond motifs is 6. The number of carbonyl (C=O) groups is 1. The minimum absolute atomic E-state index is 0. The summed E-state index contributed by atoms with van der Waals surface area (Å²) in [5.74, 6) is 4.97. The maximum absolute atomic E-state index is 13.1. The Kier molecular flexibility index (Phi) is 20.0. The summed E-state index contributed by atoms with van der Waals surface area (Å²) < 4.78 is 0. The third-order valence-corrected chi connectivity index (χ3v) is 15.6. The van der Waals surface area contributed by atoms with Crippen molar-refractivity contribution in [3.05, 3.63) is 0 Å². The quantitative estimate of drug-likeness (QED) is 0.124. The van der Waals surface area contributed by atoms with Gasteiger partial charge < -0.3 is 61.8 Å². The zero-order chi connectivity index (χ0) is 34.3. The van der Waals surface area contributed by atoms with Crippen LogP contribution in [0.3, 0.4) is 0 Å². The maximum Gasteiger partial charge on any atom is 2.00 e. The van der Waals surface area contributed by atoms with E-state index in [0.717, 1.165) is 114 Å². The molecule has 0 spiro atoms. The molecule has 6 aliphatic rings. The Morgan fingerprint density at radius 3 is 2.19 bits per heavy atom. The van der Waals surface area contributed by atoms with Gasteiger partial charge in [0.25, 0.3) is 0 Å². The van der Waals surface area contributed by atoms with Crippen molar-refractivity contribution in [2.75, 3.05) is 52.4 Å². The van der Waals surface area contributed by atoms with E-state index in [9.17, 15) is 9.90 Å². The molecule has 0 aromatic rings. The minimum Gasteiger partial charge on any atom is -1.00 e. The molecule has 1 amide bonds. The Bertz CT molecular complexity index is 1050. The van der Waals surface area contributed by atoms with Crippen molar-refractivity contribution in [2.24, 2.45) is 46.3 Å². The van der Waals surface area contributed by atoms with Gasteiger partial charge in [-0.25, -0.2) is 0 Å². The second-order valence-corrected chi connectivity index (χ2v) is 18.3. The molecule has 5 aliphatic carbocycles. The monoisotopic (exact) mass is 809 g/mol. The van der Waals surface area contributed by atoms with E-state index in [1.165, 1.54) is 70.6 Å². The average Bonchev–Trinajstić information content (AvgIpc) is 3.45. The van der Waals surface area contributed by atoms with E-state index >= 15 is 0 Å². The van der Waals surface area contributed by atoms with E-state index in [1.807, 2.05) is 0 Å². The summed E-state index contributed by atoms with van der Waals surface area (Å²) >= 11 is 0. The minimum atomic E-state index is -0.0565. The molecule has 0 aromatic heterocycles. The molecule has 0 bridgehead atoms. The normalized spacial score (nSPS) is 40.6. The summed E-state index contributed by atoms with van der Waals surface area (Å²) in [4.78, 5) is 13.1. The first-order valence-corrected chi connectivity index (χ1v) is 21.3. The van der Waals surface area contributed by atoms with Crippen LogP contribution in [-0.2, 0) is 21.9 Å². The molecular weight excluding hydrogens is 734 g/mol. The Morgan fingerprint density at radius 2 is 1.44 bits per heavy atom. The second-order valence-electron chi connectivity index (χ2n) is 18.3. The topological polar surface area (TPSA) is 109 Å². The van der Waals surface area contributed by atoms with Gasteiger partial charge in [0.2, 0.25) is 5.91 Å². The smallest absolute Gasteiger partial charge is 1.00 e. The van der Waals surface area contributed by atoms with Crippen molar-refractivity contribution in [2.45, 2.75) is 154 Å². The van der Waals surface area contributed by atoms with Gasteiger partial charge in [-0.15, -0.1) is 0 Å². The summed E-state index contributed by atoms with van der Waals surface area (Å²) in [6.07, 6.45) is 20.5. The van der Waals surface area contributed by atoms with Gasteiger partial charge in [0.1, 0.15) is 0 Å². The van der Waals surface area contributed by atoms with Crippen molar-refractivity contribution < 1.29 is 51.8 Å². The van der Waals surface area contributed by atoms with Crippen LogP contribution < -0.4 is 56.7 Å². The number of aliphatic hydroxyl groups excluding tert-OH is 1. The molecule has 0 aromatic carbocycles. The fraction of sp³-hybridized carbons (Fsp3) is 0.976. The van der Waals surface area contributed by atoms with E-state index in [2.05, 4.69) is 52.7 Å². The molecule has 11 heteroatoms. The molecule has 1 saturated heterocycles. The van der Waals surface area contributed by atoms with Gasteiger partial charge in [-0.3, -0.25) is 4.79 Å². The number of aliphatic hydroxyl groups is 1. The molecule has 52 heavy (non-hydrogen) atoms. The summed E-state index contributed by atoms with van der Waals surface area (Å²) in [7, 11) is 0. The number of nitrogens with one attached hydrogen (secondary N) is 6. The SMILES string of the molecule is C[C@H](CCC(=O)NCCCC1CNC2CCCCC2NCCNCCNCCN1)[C@H]1CC[C@H]2[C@@H]3CCC4C[C@H](O)CC[C@]4(C)[C@H]3CC[C@]12C.[Cl-].[Cl-].[Mn+2]. The molecule has 8 nitrogen and oxygen atoms in total. The van der Waals surface area contributed by atoms with Crippen molar-refractivity contribution in [3.63, 3.8) is 0 Å². The summed E-state index contributed by atoms with van der Waals surface area (Å²) in [5, 5.41) is 32.4. The van der Waals surface area contributed by atoms with E-state index in [-0.39, 0.29) is 53.9 Å². The van der Waals surface area contributed by atoms with Crippen molar-refractivity contribution in [3.8, 4) is 0 Å². The predicted octanol–water partition coefficient (Wildman–Crippen LogP) is -1.03. The van der Waals surface area contributed by atoms with Gasteiger partial charge in [-0.05, 0) is 136 Å². The Labute approximate surface area is 340 Å². The number of hydrogen-bond donors (Lipinski definition) is 7. The molecule has 12 atom stereocenters. The van der Waals surface area contributed by atoms with Crippen molar-refractivity contribution in [1.29, 1.82) is 0 Å². The first kappa shape index (κ1) is 46.7. The van der Waals surface area contributed by atoms with E-state index in [4.69, 9.17) is 0 Å². The predicted molar refractivity (Wildman–Crippen MR) is 201 cm³/mol. The Hall–Kier alpha value is 0.329. The maximum atomic E-state index is 13.1. The zero-order valence-electron chi connectivity index (χ0n) is 32.9. The van der Waals surface area contributed by atoms with Gasteiger partial charge >= 0.3 is 17.1 Å². The van der Waals surface area contributed by atoms with Crippen LogP contribution in [0.1, 0.15) is 130 Å². The van der Waals surface area contributed by atoms with Crippen molar-refractivity contribution >= 4 is 5.91 Å². The van der Waals surface area contributed by atoms with Crippen LogP contribution in [0.2, 0.25) is 0 Å². The second kappa shape index (κ2) is 22.3. The number of hydrogen-bond acceptors (Lipinski definition) is 7. The van der Waals surface area contributed by atoms with Crippen LogP contribution in [0.4, 0.5) is 0 Å². The van der Waals surface area contributed by atoms with Crippen LogP contribution >= 0.6 is 0 Å².